The molecule has 0 aliphatic heterocycles. The topological polar surface area (TPSA) is 17.8 Å². The molecule has 0 N–H and O–H groups in total. The molecule has 2 rings (SSSR count). The number of hydrogen-bond acceptors (Lipinski definition) is 1. The molecule has 1 aromatic heterocycles. The van der Waals surface area contributed by atoms with Crippen molar-refractivity contribution in [1.29, 1.82) is 0 Å². The average Bonchev–Trinajstić information content (AvgIpc) is 2.56. The third-order valence-electron chi connectivity index (χ3n) is 2.17. The Labute approximate surface area is 91.7 Å². The van der Waals surface area contributed by atoms with Crippen molar-refractivity contribution in [2.24, 2.45) is 0 Å². The van der Waals surface area contributed by atoms with Gasteiger partial charge in [0, 0.05) is 16.4 Å². The number of rotatable bonds is 2. The van der Waals surface area contributed by atoms with Gasteiger partial charge in [-0.3, -0.25) is 4.68 Å². The summed E-state index contributed by atoms with van der Waals surface area (Å²) in [6.07, 6.45) is 1.83. The average molecular weight is 251 g/mol. The molecular formula is C11H11BrN2. The van der Waals surface area contributed by atoms with Gasteiger partial charge in [0.15, 0.2) is 0 Å². The lowest BCUT2D eigenvalue weighted by Crippen LogP contribution is -2.02. The van der Waals surface area contributed by atoms with Gasteiger partial charge < -0.3 is 0 Å². The Bertz CT molecular complexity index is 417. The molecule has 72 valence electrons. The van der Waals surface area contributed by atoms with Gasteiger partial charge in [0.05, 0.1) is 6.54 Å². The lowest BCUT2D eigenvalue weighted by Gasteiger charge is -2.04. The molecular weight excluding hydrogens is 240 g/mol. The number of benzene rings is 1. The van der Waals surface area contributed by atoms with Gasteiger partial charge in [-0.25, -0.2) is 0 Å². The van der Waals surface area contributed by atoms with E-state index in [1.54, 1.807) is 0 Å². The van der Waals surface area contributed by atoms with Crippen LogP contribution in [-0.4, -0.2) is 9.78 Å². The third-order valence-corrected chi connectivity index (χ3v) is 2.70. The molecule has 0 spiro atoms. The fourth-order valence-electron chi connectivity index (χ4n) is 1.33. The van der Waals surface area contributed by atoms with Crippen LogP contribution >= 0.6 is 15.9 Å². The third kappa shape index (κ3) is 2.04. The van der Waals surface area contributed by atoms with Crippen molar-refractivity contribution in [2.75, 3.05) is 0 Å². The predicted octanol–water partition coefficient (Wildman–Crippen LogP) is 3.00. The molecule has 0 atom stereocenters. The molecule has 0 saturated carbocycles. The zero-order chi connectivity index (χ0) is 9.97. The van der Waals surface area contributed by atoms with E-state index < -0.39 is 0 Å². The summed E-state index contributed by atoms with van der Waals surface area (Å²) in [5.74, 6) is 0. The van der Waals surface area contributed by atoms with Crippen LogP contribution in [0.15, 0.2) is 41.0 Å². The van der Waals surface area contributed by atoms with Crippen molar-refractivity contribution in [3.8, 4) is 0 Å². The van der Waals surface area contributed by atoms with Crippen molar-refractivity contribution in [3.63, 3.8) is 0 Å². The Morgan fingerprint density at radius 3 is 2.50 bits per heavy atom. The van der Waals surface area contributed by atoms with E-state index in [0.717, 1.165) is 11.0 Å². The van der Waals surface area contributed by atoms with Gasteiger partial charge in [-0.2, -0.15) is 5.10 Å². The molecule has 3 heteroatoms. The smallest absolute Gasteiger partial charge is 0.0662 e. The quantitative estimate of drug-likeness (QED) is 0.802. The highest BCUT2D eigenvalue weighted by atomic mass is 79.9. The largest absolute Gasteiger partial charge is 0.265 e. The second-order valence-corrected chi connectivity index (χ2v) is 4.17. The van der Waals surface area contributed by atoms with Crippen LogP contribution < -0.4 is 0 Å². The van der Waals surface area contributed by atoms with Crippen molar-refractivity contribution in [1.82, 2.24) is 9.78 Å². The van der Waals surface area contributed by atoms with Crippen molar-refractivity contribution in [3.05, 3.63) is 52.3 Å². The van der Waals surface area contributed by atoms with Crippen LogP contribution in [0.5, 0.6) is 0 Å². The maximum Gasteiger partial charge on any atom is 0.0662 e. The summed E-state index contributed by atoms with van der Waals surface area (Å²) in [4.78, 5) is 0. The second kappa shape index (κ2) is 3.96. The first-order valence-electron chi connectivity index (χ1n) is 4.48. The molecule has 0 aliphatic carbocycles. The second-order valence-electron chi connectivity index (χ2n) is 3.26. The molecule has 0 aliphatic rings. The minimum absolute atomic E-state index is 0.839. The summed E-state index contributed by atoms with van der Waals surface area (Å²) in [6.45, 7) is 2.90. The van der Waals surface area contributed by atoms with Crippen LogP contribution in [0, 0.1) is 6.92 Å². The molecule has 2 aromatic rings. The number of aromatic nitrogens is 2. The van der Waals surface area contributed by atoms with E-state index in [1.165, 1.54) is 11.3 Å². The van der Waals surface area contributed by atoms with Gasteiger partial charge in [0.25, 0.3) is 0 Å². The monoisotopic (exact) mass is 250 g/mol. The fourth-order valence-corrected chi connectivity index (χ4v) is 1.59. The highest BCUT2D eigenvalue weighted by molar-refractivity contribution is 9.10. The molecule has 1 heterocycles. The molecule has 0 bridgehead atoms. The molecule has 14 heavy (non-hydrogen) atoms. The zero-order valence-electron chi connectivity index (χ0n) is 7.94. The van der Waals surface area contributed by atoms with Crippen molar-refractivity contribution in [2.45, 2.75) is 13.5 Å². The summed E-state index contributed by atoms with van der Waals surface area (Å²) >= 11 is 3.42. The standard InChI is InChI=1S/C11H11BrN2/c1-9-6-7-13-14(9)8-10-2-4-11(12)5-3-10/h2-7H,8H2,1H3. The van der Waals surface area contributed by atoms with Gasteiger partial charge in [-0.1, -0.05) is 28.1 Å². The van der Waals surface area contributed by atoms with E-state index in [-0.39, 0.29) is 0 Å². The molecule has 0 amide bonds. The van der Waals surface area contributed by atoms with Crippen molar-refractivity contribution >= 4 is 15.9 Å². The highest BCUT2D eigenvalue weighted by Gasteiger charge is 1.98. The number of hydrogen-bond donors (Lipinski definition) is 0. The molecule has 0 radical (unpaired) electrons. The molecule has 0 unspecified atom stereocenters. The van der Waals surface area contributed by atoms with Crippen LogP contribution in [0.2, 0.25) is 0 Å². The highest BCUT2D eigenvalue weighted by Crippen LogP contribution is 2.11. The predicted molar refractivity (Wildman–Crippen MR) is 60.2 cm³/mol. The first kappa shape index (κ1) is 9.46. The summed E-state index contributed by atoms with van der Waals surface area (Å²) in [7, 11) is 0. The Hall–Kier alpha value is -1.09. The maximum atomic E-state index is 4.24. The SMILES string of the molecule is Cc1ccnn1Cc1ccc(Br)cc1. The minimum Gasteiger partial charge on any atom is -0.265 e. The molecule has 0 saturated heterocycles. The van der Waals surface area contributed by atoms with Gasteiger partial charge in [-0.05, 0) is 30.7 Å². The Morgan fingerprint density at radius 1 is 1.21 bits per heavy atom. The summed E-state index contributed by atoms with van der Waals surface area (Å²) in [5, 5.41) is 4.24. The van der Waals surface area contributed by atoms with E-state index in [4.69, 9.17) is 0 Å². The Balaban J connectivity index is 2.19. The molecule has 0 fully saturated rings. The minimum atomic E-state index is 0.839. The first-order valence-corrected chi connectivity index (χ1v) is 5.28. The van der Waals surface area contributed by atoms with Crippen LogP contribution in [0.25, 0.3) is 0 Å². The molecule has 1 aromatic carbocycles. The molecule has 2 nitrogen and oxygen atoms in total. The first-order chi connectivity index (χ1) is 6.75. The van der Waals surface area contributed by atoms with E-state index in [0.29, 0.717) is 0 Å². The van der Waals surface area contributed by atoms with E-state index in [1.807, 2.05) is 29.1 Å². The van der Waals surface area contributed by atoms with E-state index in [9.17, 15) is 0 Å². The van der Waals surface area contributed by atoms with Crippen molar-refractivity contribution < 1.29 is 0 Å². The maximum absolute atomic E-state index is 4.24. The summed E-state index contributed by atoms with van der Waals surface area (Å²) in [6, 6.07) is 10.3. The van der Waals surface area contributed by atoms with E-state index in [2.05, 4.69) is 40.1 Å². The van der Waals surface area contributed by atoms with Gasteiger partial charge in [0.2, 0.25) is 0 Å². The lowest BCUT2D eigenvalue weighted by atomic mass is 10.2. The zero-order valence-corrected chi connectivity index (χ0v) is 9.53. The number of nitrogens with zero attached hydrogens (tertiary/aromatic N) is 2. The Morgan fingerprint density at radius 2 is 1.93 bits per heavy atom. The van der Waals surface area contributed by atoms with Crippen LogP contribution in [0.1, 0.15) is 11.3 Å². The fraction of sp³-hybridized carbons (Fsp3) is 0.182. The Kier molecular flexibility index (Phi) is 2.68. The van der Waals surface area contributed by atoms with Crippen LogP contribution in [-0.2, 0) is 6.54 Å². The summed E-state index contributed by atoms with van der Waals surface area (Å²) in [5.41, 5.74) is 2.45. The van der Waals surface area contributed by atoms with Crippen LogP contribution in [0.3, 0.4) is 0 Å². The lowest BCUT2D eigenvalue weighted by molar-refractivity contribution is 0.665. The number of aryl methyl sites for hydroxylation is 1. The number of halogens is 1. The van der Waals surface area contributed by atoms with Gasteiger partial charge in [0.1, 0.15) is 0 Å². The normalized spacial score (nSPS) is 10.4. The van der Waals surface area contributed by atoms with Crippen LogP contribution in [0.4, 0.5) is 0 Å². The summed E-state index contributed by atoms with van der Waals surface area (Å²) < 4.78 is 3.10. The van der Waals surface area contributed by atoms with Gasteiger partial charge >= 0.3 is 0 Å². The van der Waals surface area contributed by atoms with Gasteiger partial charge in [-0.15, -0.1) is 0 Å². The van der Waals surface area contributed by atoms with E-state index >= 15 is 0 Å².